The van der Waals surface area contributed by atoms with Crippen LogP contribution in [0.2, 0.25) is 0 Å². The van der Waals surface area contributed by atoms with Crippen LogP contribution >= 0.6 is 0 Å². The second-order valence-electron chi connectivity index (χ2n) is 6.21. The Morgan fingerprint density at radius 1 is 1.18 bits per heavy atom. The maximum Gasteiger partial charge on any atom is 0.149 e. The van der Waals surface area contributed by atoms with Crippen LogP contribution in [-0.2, 0) is 4.79 Å². The molecule has 0 amide bonds. The van der Waals surface area contributed by atoms with Crippen LogP contribution in [-0.4, -0.2) is 54.9 Å². The fourth-order valence-corrected chi connectivity index (χ4v) is 3.63. The van der Waals surface area contributed by atoms with Gasteiger partial charge in [0.15, 0.2) is 0 Å². The Balaban J connectivity index is 1.54. The van der Waals surface area contributed by atoms with Gasteiger partial charge in [0.05, 0.1) is 6.54 Å². The number of nitrogens with zero attached hydrogens (tertiary/aromatic N) is 2. The van der Waals surface area contributed by atoms with E-state index in [1.807, 2.05) is 0 Å². The van der Waals surface area contributed by atoms with E-state index in [0.717, 1.165) is 44.4 Å². The van der Waals surface area contributed by atoms with E-state index in [4.69, 9.17) is 0 Å². The van der Waals surface area contributed by atoms with Gasteiger partial charge in [-0.1, -0.05) is 0 Å². The molecule has 0 radical (unpaired) electrons. The van der Waals surface area contributed by atoms with E-state index >= 15 is 0 Å². The Morgan fingerprint density at radius 3 is 2.76 bits per heavy atom. The molecule has 0 aromatic heterocycles. The van der Waals surface area contributed by atoms with Gasteiger partial charge in [-0.3, -0.25) is 9.69 Å². The lowest BCUT2D eigenvalue weighted by Gasteiger charge is -2.45. The lowest BCUT2D eigenvalue weighted by atomic mass is 9.84. The molecule has 1 aliphatic carbocycles. The van der Waals surface area contributed by atoms with Crippen molar-refractivity contribution in [1.29, 1.82) is 0 Å². The molecule has 3 nitrogen and oxygen atoms in total. The van der Waals surface area contributed by atoms with Crippen LogP contribution in [0.3, 0.4) is 0 Å². The minimum Gasteiger partial charge on any atom is -0.303 e. The van der Waals surface area contributed by atoms with Crippen LogP contribution in [0.4, 0.5) is 0 Å². The zero-order valence-corrected chi connectivity index (χ0v) is 10.9. The van der Waals surface area contributed by atoms with Crippen molar-refractivity contribution in [3.05, 3.63) is 0 Å². The smallest absolute Gasteiger partial charge is 0.149 e. The van der Waals surface area contributed by atoms with Crippen LogP contribution in [0.5, 0.6) is 0 Å². The normalized spacial score (nSPS) is 35.6. The van der Waals surface area contributed by atoms with E-state index in [1.165, 1.54) is 25.8 Å². The predicted molar refractivity (Wildman–Crippen MR) is 67.9 cm³/mol. The monoisotopic (exact) mass is 236 g/mol. The number of Topliss-reactive ketones (excluding diaryl/α,β-unsaturated/α-hetero) is 1. The predicted octanol–water partition coefficient (Wildman–Crippen LogP) is 1.38. The number of carbonyl (C=O) groups is 1. The molecule has 2 aliphatic heterocycles. The Labute approximate surface area is 104 Å². The van der Waals surface area contributed by atoms with Crippen LogP contribution in [0, 0.1) is 11.8 Å². The van der Waals surface area contributed by atoms with Gasteiger partial charge in [0.25, 0.3) is 0 Å². The molecule has 2 saturated heterocycles. The van der Waals surface area contributed by atoms with Crippen LogP contribution in [0.15, 0.2) is 0 Å². The van der Waals surface area contributed by atoms with Crippen LogP contribution in [0.1, 0.15) is 32.1 Å². The minimum absolute atomic E-state index is 0.432. The van der Waals surface area contributed by atoms with E-state index in [1.54, 1.807) is 0 Å². The average Bonchev–Trinajstić information content (AvgIpc) is 3.13. The van der Waals surface area contributed by atoms with Crippen LogP contribution < -0.4 is 0 Å². The van der Waals surface area contributed by atoms with Crippen molar-refractivity contribution in [2.45, 2.75) is 38.1 Å². The number of hydrogen-bond acceptors (Lipinski definition) is 3. The summed E-state index contributed by atoms with van der Waals surface area (Å²) in [7, 11) is 2.27. The standard InChI is InChI=1S/C14H24N2O/c1-15-7-2-3-12-9-16(8-6-13(12)15)10-14(17)11-4-5-11/h11-13H,2-10H2,1H3. The molecule has 3 rings (SSSR count). The number of rotatable bonds is 3. The van der Waals surface area contributed by atoms with E-state index in [2.05, 4.69) is 16.8 Å². The van der Waals surface area contributed by atoms with Crippen molar-refractivity contribution in [1.82, 2.24) is 9.80 Å². The fraction of sp³-hybridized carbons (Fsp3) is 0.929. The third-order valence-corrected chi connectivity index (χ3v) is 4.84. The van der Waals surface area contributed by atoms with Gasteiger partial charge >= 0.3 is 0 Å². The molecule has 0 spiro atoms. The summed E-state index contributed by atoms with van der Waals surface area (Å²) in [5.74, 6) is 1.75. The molecule has 2 heterocycles. The first-order valence-corrected chi connectivity index (χ1v) is 7.19. The molecule has 0 aromatic rings. The maximum atomic E-state index is 11.8. The third kappa shape index (κ3) is 2.55. The number of hydrogen-bond donors (Lipinski definition) is 0. The maximum absolute atomic E-state index is 11.8. The largest absolute Gasteiger partial charge is 0.303 e. The SMILES string of the molecule is CN1CCCC2CN(CC(=O)C3CC3)CCC21. The molecular formula is C14H24N2O. The Bertz CT molecular complexity index is 301. The second kappa shape index (κ2) is 4.69. The average molecular weight is 236 g/mol. The Morgan fingerprint density at radius 2 is 2.00 bits per heavy atom. The first-order valence-electron chi connectivity index (χ1n) is 7.19. The minimum atomic E-state index is 0.432. The fourth-order valence-electron chi connectivity index (χ4n) is 3.63. The number of ketones is 1. The first-order chi connectivity index (χ1) is 8.24. The molecule has 96 valence electrons. The lowest BCUT2D eigenvalue weighted by molar-refractivity contribution is -0.122. The molecule has 0 N–H and O–H groups in total. The highest BCUT2D eigenvalue weighted by molar-refractivity contribution is 5.85. The van der Waals surface area contributed by atoms with E-state index in [-0.39, 0.29) is 0 Å². The molecule has 0 aromatic carbocycles. The molecule has 2 atom stereocenters. The summed E-state index contributed by atoms with van der Waals surface area (Å²) in [6.45, 7) is 4.29. The number of likely N-dealkylation sites (tertiary alicyclic amines) is 2. The molecule has 0 bridgehead atoms. The first kappa shape index (κ1) is 11.7. The lowest BCUT2D eigenvalue weighted by Crippen LogP contribution is -2.53. The van der Waals surface area contributed by atoms with E-state index in [0.29, 0.717) is 11.7 Å². The molecule has 3 heteroatoms. The quantitative estimate of drug-likeness (QED) is 0.739. The van der Waals surface area contributed by atoms with Gasteiger partial charge in [-0.2, -0.15) is 0 Å². The van der Waals surface area contributed by atoms with Gasteiger partial charge in [0, 0.05) is 25.0 Å². The summed E-state index contributed by atoms with van der Waals surface area (Å²) < 4.78 is 0. The van der Waals surface area contributed by atoms with Crippen molar-refractivity contribution in [2.24, 2.45) is 11.8 Å². The summed E-state index contributed by atoms with van der Waals surface area (Å²) in [4.78, 5) is 16.8. The molecule has 2 unspecified atom stereocenters. The second-order valence-corrected chi connectivity index (χ2v) is 6.21. The summed E-state index contributed by atoms with van der Waals surface area (Å²) in [6.07, 6.45) is 6.27. The summed E-state index contributed by atoms with van der Waals surface area (Å²) in [6, 6.07) is 0.788. The van der Waals surface area contributed by atoms with Gasteiger partial charge in [-0.05, 0) is 51.6 Å². The Hall–Kier alpha value is -0.410. The molecule has 3 fully saturated rings. The highest BCUT2D eigenvalue weighted by atomic mass is 16.1. The molecule has 1 saturated carbocycles. The molecule has 17 heavy (non-hydrogen) atoms. The van der Waals surface area contributed by atoms with Crippen molar-refractivity contribution >= 4 is 5.78 Å². The topological polar surface area (TPSA) is 23.6 Å². The van der Waals surface area contributed by atoms with Gasteiger partial charge in [-0.25, -0.2) is 0 Å². The van der Waals surface area contributed by atoms with Crippen molar-refractivity contribution in [3.8, 4) is 0 Å². The van der Waals surface area contributed by atoms with E-state index in [9.17, 15) is 4.79 Å². The number of fused-ring (bicyclic) bond motifs is 1. The highest BCUT2D eigenvalue weighted by Gasteiger charge is 2.36. The summed E-state index contributed by atoms with van der Waals surface area (Å²) in [5.41, 5.74) is 0. The van der Waals surface area contributed by atoms with Crippen molar-refractivity contribution in [3.63, 3.8) is 0 Å². The number of piperidine rings is 2. The summed E-state index contributed by atoms with van der Waals surface area (Å²) in [5, 5.41) is 0. The third-order valence-electron chi connectivity index (χ3n) is 4.84. The van der Waals surface area contributed by atoms with Gasteiger partial charge in [0.2, 0.25) is 0 Å². The molecular weight excluding hydrogens is 212 g/mol. The molecule has 3 aliphatic rings. The highest BCUT2D eigenvalue weighted by Crippen LogP contribution is 2.32. The number of carbonyl (C=O) groups excluding carboxylic acids is 1. The zero-order valence-electron chi connectivity index (χ0n) is 10.9. The van der Waals surface area contributed by atoms with Crippen molar-refractivity contribution < 1.29 is 4.79 Å². The van der Waals surface area contributed by atoms with E-state index < -0.39 is 0 Å². The van der Waals surface area contributed by atoms with Gasteiger partial charge in [0.1, 0.15) is 5.78 Å². The van der Waals surface area contributed by atoms with Gasteiger partial charge in [-0.15, -0.1) is 0 Å². The van der Waals surface area contributed by atoms with Crippen LogP contribution in [0.25, 0.3) is 0 Å². The van der Waals surface area contributed by atoms with Gasteiger partial charge < -0.3 is 4.90 Å². The van der Waals surface area contributed by atoms with Crippen molar-refractivity contribution in [2.75, 3.05) is 33.2 Å². The Kier molecular flexibility index (Phi) is 3.22. The zero-order chi connectivity index (χ0) is 11.8. The summed E-state index contributed by atoms with van der Waals surface area (Å²) >= 11 is 0.